The van der Waals surface area contributed by atoms with Crippen molar-refractivity contribution in [2.75, 3.05) is 9.80 Å². The summed E-state index contributed by atoms with van der Waals surface area (Å²) in [4.78, 5) is 5.11. The molecule has 13 aromatic rings. The average molecular weight is 1020 g/mol. The molecule has 0 aliphatic carbocycles. The van der Waals surface area contributed by atoms with Crippen LogP contribution < -0.4 is 9.80 Å². The molecule has 78 heavy (non-hydrogen) atoms. The summed E-state index contributed by atoms with van der Waals surface area (Å²) < 4.78 is 5.33. The summed E-state index contributed by atoms with van der Waals surface area (Å²) in [7, 11) is 0. The summed E-state index contributed by atoms with van der Waals surface area (Å²) in [6.45, 7) is 41.4. The second kappa shape index (κ2) is 16.8. The second-order valence-electron chi connectivity index (χ2n) is 25.7. The standard InChI is InChI=1S/C74H74N4/c1-39-29-51(30-40(2)47(39)9)75(52-31-41(3)48(10)42(4)32-52)63-27-25-55-59-37-66-60(38-65(59)77-69-57(67(63)71(55)77)21-19-23-61(69)73(13,14)15)56-26-28-64(68-58-22-20-24-62(74(16,17)18)70(58)78(66)72(56)68)76(53-33-43(5)49(11)44(6)34-53)54-35-45(7)50(12)46(8)36-54/h19-38H,1-18H3. The number of para-hydroxylation sites is 2. The van der Waals surface area contributed by atoms with E-state index in [2.05, 4.69) is 265 Å². The lowest BCUT2D eigenvalue weighted by Gasteiger charge is -2.29. The van der Waals surface area contributed by atoms with Gasteiger partial charge < -0.3 is 18.6 Å². The van der Waals surface area contributed by atoms with Crippen molar-refractivity contribution in [2.24, 2.45) is 0 Å². The van der Waals surface area contributed by atoms with Crippen LogP contribution in [0.25, 0.3) is 76.2 Å². The van der Waals surface area contributed by atoms with E-state index in [-0.39, 0.29) is 10.8 Å². The Hall–Kier alpha value is -7.82. The Balaban J connectivity index is 1.19. The maximum atomic E-state index is 2.67. The minimum Gasteiger partial charge on any atom is -0.310 e. The Morgan fingerprint density at radius 1 is 0.295 bits per heavy atom. The summed E-state index contributed by atoms with van der Waals surface area (Å²) in [6.07, 6.45) is 0. The van der Waals surface area contributed by atoms with Crippen LogP contribution >= 0.6 is 0 Å². The molecule has 4 nitrogen and oxygen atoms in total. The van der Waals surface area contributed by atoms with E-state index < -0.39 is 0 Å². The third-order valence-corrected chi connectivity index (χ3v) is 18.8. The van der Waals surface area contributed by atoms with Crippen molar-refractivity contribution in [3.8, 4) is 0 Å². The molecule has 0 spiro atoms. The number of nitrogens with zero attached hydrogens (tertiary/aromatic N) is 4. The first-order valence-corrected chi connectivity index (χ1v) is 28.3. The molecule has 0 aliphatic heterocycles. The van der Waals surface area contributed by atoms with Gasteiger partial charge in [-0.05, 0) is 245 Å². The van der Waals surface area contributed by atoms with Gasteiger partial charge in [-0.2, -0.15) is 0 Å². The van der Waals surface area contributed by atoms with Crippen molar-refractivity contribution in [1.29, 1.82) is 0 Å². The number of aryl methyl sites for hydroxylation is 8. The van der Waals surface area contributed by atoms with Gasteiger partial charge in [0.05, 0.1) is 44.5 Å². The number of aromatic nitrogens is 2. The fourth-order valence-corrected chi connectivity index (χ4v) is 13.7. The fourth-order valence-electron chi connectivity index (χ4n) is 13.7. The molecule has 4 heteroatoms. The first-order chi connectivity index (χ1) is 36.9. The van der Waals surface area contributed by atoms with E-state index in [1.54, 1.807) is 0 Å². The summed E-state index contributed by atoms with van der Waals surface area (Å²) in [5, 5.41) is 10.2. The molecule has 4 aromatic heterocycles. The Morgan fingerprint density at radius 3 is 0.846 bits per heavy atom. The summed E-state index contributed by atoms with van der Waals surface area (Å²) in [5.41, 5.74) is 33.0. The third kappa shape index (κ3) is 6.97. The van der Waals surface area contributed by atoms with Gasteiger partial charge in [-0.15, -0.1) is 0 Å². The van der Waals surface area contributed by atoms with Gasteiger partial charge in [0.15, 0.2) is 0 Å². The topological polar surface area (TPSA) is 15.3 Å². The molecular formula is C74H74N4. The predicted molar refractivity (Wildman–Crippen MR) is 339 cm³/mol. The predicted octanol–water partition coefficient (Wildman–Crippen LogP) is 21.2. The Labute approximate surface area is 461 Å². The largest absolute Gasteiger partial charge is 0.310 e. The van der Waals surface area contributed by atoms with Gasteiger partial charge in [0.2, 0.25) is 0 Å². The van der Waals surface area contributed by atoms with Crippen LogP contribution in [0.4, 0.5) is 34.1 Å². The van der Waals surface area contributed by atoms with Crippen molar-refractivity contribution in [3.63, 3.8) is 0 Å². The van der Waals surface area contributed by atoms with Gasteiger partial charge in [0.1, 0.15) is 0 Å². The molecule has 390 valence electrons. The number of hydrogen-bond donors (Lipinski definition) is 0. The van der Waals surface area contributed by atoms with Crippen LogP contribution in [0.3, 0.4) is 0 Å². The van der Waals surface area contributed by atoms with Crippen molar-refractivity contribution in [2.45, 2.75) is 135 Å². The molecule has 0 saturated heterocycles. The lowest BCUT2D eigenvalue weighted by molar-refractivity contribution is 0.594. The molecule has 9 aromatic carbocycles. The van der Waals surface area contributed by atoms with E-state index in [4.69, 9.17) is 0 Å². The van der Waals surface area contributed by atoms with Crippen molar-refractivity contribution >= 4 is 110 Å². The van der Waals surface area contributed by atoms with Crippen LogP contribution in [-0.4, -0.2) is 8.80 Å². The number of fused-ring (bicyclic) bond motifs is 12. The first-order valence-electron chi connectivity index (χ1n) is 28.3. The van der Waals surface area contributed by atoms with Crippen LogP contribution in [-0.2, 0) is 10.8 Å². The number of anilines is 6. The van der Waals surface area contributed by atoms with Crippen molar-refractivity contribution in [3.05, 3.63) is 199 Å². The van der Waals surface area contributed by atoms with Gasteiger partial charge in [0.25, 0.3) is 0 Å². The van der Waals surface area contributed by atoms with E-state index in [0.717, 1.165) is 0 Å². The molecule has 13 rings (SSSR count). The second-order valence-corrected chi connectivity index (χ2v) is 25.7. The zero-order valence-electron chi connectivity index (χ0n) is 49.3. The number of hydrogen-bond acceptors (Lipinski definition) is 2. The van der Waals surface area contributed by atoms with Crippen LogP contribution in [0.1, 0.15) is 119 Å². The average Bonchev–Trinajstić information content (AvgIpc) is 4.30. The van der Waals surface area contributed by atoms with E-state index >= 15 is 0 Å². The molecule has 0 bridgehead atoms. The molecule has 0 aliphatic rings. The molecule has 0 atom stereocenters. The molecular weight excluding hydrogens is 945 g/mol. The van der Waals surface area contributed by atoms with Gasteiger partial charge in [-0.1, -0.05) is 90.1 Å². The van der Waals surface area contributed by atoms with Crippen LogP contribution in [0.2, 0.25) is 0 Å². The van der Waals surface area contributed by atoms with Gasteiger partial charge >= 0.3 is 0 Å². The molecule has 0 amide bonds. The molecule has 4 heterocycles. The van der Waals surface area contributed by atoms with E-state index in [1.165, 1.54) is 188 Å². The third-order valence-electron chi connectivity index (χ3n) is 18.8. The van der Waals surface area contributed by atoms with Crippen LogP contribution in [0, 0.1) is 83.1 Å². The Bertz CT molecular complexity index is 4200. The first kappa shape index (κ1) is 49.7. The van der Waals surface area contributed by atoms with Crippen LogP contribution in [0.5, 0.6) is 0 Å². The zero-order chi connectivity index (χ0) is 55.1. The fraction of sp³-hybridized carbons (Fsp3) is 0.270. The monoisotopic (exact) mass is 1020 g/mol. The van der Waals surface area contributed by atoms with Crippen LogP contribution in [0.15, 0.2) is 121 Å². The highest BCUT2D eigenvalue weighted by Crippen LogP contribution is 2.53. The highest BCUT2D eigenvalue weighted by Gasteiger charge is 2.32. The highest BCUT2D eigenvalue weighted by molar-refractivity contribution is 6.32. The van der Waals surface area contributed by atoms with Gasteiger partial charge in [-0.25, -0.2) is 0 Å². The Kier molecular flexibility index (Phi) is 10.7. The quantitative estimate of drug-likeness (QED) is 0.165. The maximum Gasteiger partial charge on any atom is 0.0641 e. The SMILES string of the molecule is Cc1cc(N(c2cc(C)c(C)c(C)c2)c2ccc3c4cc5c(cc4n4c6c(C(C)(C)C)cccc6c2c34)c2ccc(N(c3cc(C)c(C)c(C)c3)c3cc(C)c(C)c(C)c3)c3c4cccc(C(C)(C)C)c4n5c23)cc(C)c1C. The van der Waals surface area contributed by atoms with Gasteiger partial charge in [-0.3, -0.25) is 0 Å². The minimum absolute atomic E-state index is 0.124. The molecule has 0 unspecified atom stereocenters. The molecule has 0 N–H and O–H groups in total. The van der Waals surface area contributed by atoms with Crippen molar-refractivity contribution in [1.82, 2.24) is 8.80 Å². The van der Waals surface area contributed by atoms with E-state index in [9.17, 15) is 0 Å². The normalized spacial score (nSPS) is 12.7. The lowest BCUT2D eigenvalue weighted by atomic mass is 9.85. The van der Waals surface area contributed by atoms with Crippen molar-refractivity contribution < 1.29 is 0 Å². The number of rotatable bonds is 6. The molecule has 0 radical (unpaired) electrons. The summed E-state index contributed by atoms with van der Waals surface area (Å²) in [5.74, 6) is 0. The molecule has 0 fully saturated rings. The zero-order valence-corrected chi connectivity index (χ0v) is 49.3. The minimum atomic E-state index is -0.124. The molecule has 0 saturated carbocycles. The smallest absolute Gasteiger partial charge is 0.0641 e. The van der Waals surface area contributed by atoms with E-state index in [0.29, 0.717) is 0 Å². The maximum absolute atomic E-state index is 2.67. The lowest BCUT2D eigenvalue weighted by Crippen LogP contribution is -2.12. The highest BCUT2D eigenvalue weighted by atomic mass is 15.2. The number of benzene rings is 9. The van der Waals surface area contributed by atoms with E-state index in [1.807, 2.05) is 0 Å². The van der Waals surface area contributed by atoms with Gasteiger partial charge in [0, 0.05) is 65.8 Å². The summed E-state index contributed by atoms with van der Waals surface area (Å²) >= 11 is 0. The Morgan fingerprint density at radius 2 is 0.577 bits per heavy atom. The summed E-state index contributed by atoms with van der Waals surface area (Å²) in [6, 6.07) is 48.2.